The fourth-order valence-corrected chi connectivity index (χ4v) is 2.56. The van der Waals surface area contributed by atoms with Crippen molar-refractivity contribution in [1.82, 2.24) is 19.9 Å². The van der Waals surface area contributed by atoms with Gasteiger partial charge < -0.3 is 5.32 Å². The van der Waals surface area contributed by atoms with Gasteiger partial charge in [-0.05, 0) is 37.1 Å². The van der Waals surface area contributed by atoms with Gasteiger partial charge in [-0.1, -0.05) is 6.92 Å². The molecule has 2 aromatic heterocycles. The number of hydrogen-bond acceptors (Lipinski definition) is 6. The smallest absolute Gasteiger partial charge is 0.135 e. The summed E-state index contributed by atoms with van der Waals surface area (Å²) in [5.74, 6) is 2.42. The third-order valence-corrected chi connectivity index (χ3v) is 3.85. The molecular formula is C14H17N5S. The number of anilines is 1. The highest BCUT2D eigenvalue weighted by Crippen LogP contribution is 2.39. The largest absolute Gasteiger partial charge is 0.370 e. The van der Waals surface area contributed by atoms with Gasteiger partial charge in [0.15, 0.2) is 0 Å². The molecule has 1 aliphatic rings. The molecule has 1 saturated carbocycles. The van der Waals surface area contributed by atoms with E-state index in [0.29, 0.717) is 5.92 Å². The topological polar surface area (TPSA) is 63.6 Å². The van der Waals surface area contributed by atoms with Crippen molar-refractivity contribution in [3.05, 3.63) is 30.5 Å². The second-order valence-corrected chi connectivity index (χ2v) is 5.84. The molecule has 0 aliphatic heterocycles. The number of nitrogens with one attached hydrogen (secondary N) is 1. The number of aromatic nitrogens is 4. The summed E-state index contributed by atoms with van der Waals surface area (Å²) in [6, 6.07) is 3.89. The normalized spacial score (nSPS) is 14.2. The summed E-state index contributed by atoms with van der Waals surface area (Å²) in [4.78, 5) is 17.4. The Hall–Kier alpha value is -1.69. The quantitative estimate of drug-likeness (QED) is 0.824. The van der Waals surface area contributed by atoms with Crippen molar-refractivity contribution in [3.63, 3.8) is 0 Å². The van der Waals surface area contributed by atoms with Crippen molar-refractivity contribution in [2.45, 2.75) is 42.2 Å². The van der Waals surface area contributed by atoms with Crippen LogP contribution in [0.25, 0.3) is 0 Å². The molecule has 5 nitrogen and oxygen atoms in total. The van der Waals surface area contributed by atoms with Crippen LogP contribution >= 0.6 is 11.8 Å². The summed E-state index contributed by atoms with van der Waals surface area (Å²) in [5, 5.41) is 5.19. The summed E-state index contributed by atoms with van der Waals surface area (Å²) in [6.07, 6.45) is 6.79. The highest BCUT2D eigenvalue weighted by atomic mass is 32.2. The average molecular weight is 287 g/mol. The predicted molar refractivity (Wildman–Crippen MR) is 78.9 cm³/mol. The zero-order valence-electron chi connectivity index (χ0n) is 11.4. The van der Waals surface area contributed by atoms with Gasteiger partial charge in [0.1, 0.15) is 28.0 Å². The molecule has 0 atom stereocenters. The van der Waals surface area contributed by atoms with Crippen LogP contribution in [0.5, 0.6) is 0 Å². The van der Waals surface area contributed by atoms with E-state index in [-0.39, 0.29) is 0 Å². The van der Waals surface area contributed by atoms with Crippen LogP contribution in [0.1, 0.15) is 37.9 Å². The first kappa shape index (κ1) is 13.3. The average Bonchev–Trinajstić information content (AvgIpc) is 3.31. The zero-order valence-corrected chi connectivity index (χ0v) is 12.2. The van der Waals surface area contributed by atoms with Crippen LogP contribution in [0.3, 0.4) is 0 Å². The van der Waals surface area contributed by atoms with Crippen molar-refractivity contribution in [2.75, 3.05) is 11.9 Å². The molecular weight excluding hydrogens is 270 g/mol. The zero-order chi connectivity index (χ0) is 13.8. The van der Waals surface area contributed by atoms with E-state index < -0.39 is 0 Å². The first-order valence-corrected chi connectivity index (χ1v) is 7.73. The molecule has 3 rings (SSSR count). The molecule has 2 aromatic rings. The maximum Gasteiger partial charge on any atom is 0.135 e. The van der Waals surface area contributed by atoms with Gasteiger partial charge in [0.25, 0.3) is 0 Å². The highest BCUT2D eigenvalue weighted by Gasteiger charge is 2.27. The van der Waals surface area contributed by atoms with E-state index in [9.17, 15) is 0 Å². The van der Waals surface area contributed by atoms with Gasteiger partial charge in [0, 0.05) is 24.7 Å². The van der Waals surface area contributed by atoms with Gasteiger partial charge in [0.2, 0.25) is 0 Å². The minimum atomic E-state index is 0.545. The molecule has 2 heterocycles. The van der Waals surface area contributed by atoms with Crippen molar-refractivity contribution in [3.8, 4) is 0 Å². The molecule has 1 N–H and O–H groups in total. The molecule has 6 heteroatoms. The van der Waals surface area contributed by atoms with Crippen molar-refractivity contribution in [1.29, 1.82) is 0 Å². The van der Waals surface area contributed by atoms with Crippen molar-refractivity contribution in [2.24, 2.45) is 0 Å². The number of rotatable bonds is 6. The Morgan fingerprint density at radius 2 is 2.20 bits per heavy atom. The van der Waals surface area contributed by atoms with E-state index in [1.807, 2.05) is 12.1 Å². The Kier molecular flexibility index (Phi) is 4.11. The molecule has 104 valence electrons. The van der Waals surface area contributed by atoms with Gasteiger partial charge in [-0.2, -0.15) is 0 Å². The third-order valence-electron chi connectivity index (χ3n) is 2.98. The highest BCUT2D eigenvalue weighted by molar-refractivity contribution is 7.99. The fourth-order valence-electron chi connectivity index (χ4n) is 1.81. The third kappa shape index (κ3) is 3.45. The second kappa shape index (κ2) is 6.17. The lowest BCUT2D eigenvalue weighted by molar-refractivity contribution is 0.867. The van der Waals surface area contributed by atoms with E-state index in [1.165, 1.54) is 12.8 Å². The number of nitrogens with zero attached hydrogens (tertiary/aromatic N) is 4. The Balaban J connectivity index is 1.83. The minimum absolute atomic E-state index is 0.545. The van der Waals surface area contributed by atoms with Crippen LogP contribution in [0.15, 0.2) is 34.7 Å². The lowest BCUT2D eigenvalue weighted by Gasteiger charge is -2.08. The summed E-state index contributed by atoms with van der Waals surface area (Å²) in [5.41, 5.74) is 0. The molecule has 20 heavy (non-hydrogen) atoms. The predicted octanol–water partition coefficient (Wildman–Crippen LogP) is 3.12. The van der Waals surface area contributed by atoms with Gasteiger partial charge in [0.05, 0.1) is 0 Å². The Morgan fingerprint density at radius 1 is 1.30 bits per heavy atom. The molecule has 1 fully saturated rings. The summed E-state index contributed by atoms with van der Waals surface area (Å²) in [7, 11) is 0. The van der Waals surface area contributed by atoms with Crippen LogP contribution in [0.4, 0.5) is 5.82 Å². The van der Waals surface area contributed by atoms with Gasteiger partial charge >= 0.3 is 0 Å². The maximum absolute atomic E-state index is 4.65. The Labute approximate surface area is 122 Å². The van der Waals surface area contributed by atoms with Crippen LogP contribution in [0.2, 0.25) is 0 Å². The van der Waals surface area contributed by atoms with Crippen LogP contribution in [-0.2, 0) is 0 Å². The van der Waals surface area contributed by atoms with E-state index in [1.54, 1.807) is 24.3 Å². The van der Waals surface area contributed by atoms with E-state index in [4.69, 9.17) is 0 Å². The number of hydrogen-bond donors (Lipinski definition) is 1. The molecule has 1 aliphatic carbocycles. The summed E-state index contributed by atoms with van der Waals surface area (Å²) < 4.78 is 0. The van der Waals surface area contributed by atoms with E-state index in [2.05, 4.69) is 32.2 Å². The molecule has 0 radical (unpaired) electrons. The molecule has 0 saturated heterocycles. The van der Waals surface area contributed by atoms with Crippen LogP contribution < -0.4 is 5.32 Å². The second-order valence-electron chi connectivity index (χ2n) is 4.80. The lowest BCUT2D eigenvalue weighted by atomic mass is 10.4. The van der Waals surface area contributed by atoms with E-state index in [0.717, 1.165) is 34.7 Å². The molecule has 0 aromatic carbocycles. The minimum Gasteiger partial charge on any atom is -0.370 e. The summed E-state index contributed by atoms with van der Waals surface area (Å²) in [6.45, 7) is 3.07. The Morgan fingerprint density at radius 3 is 2.90 bits per heavy atom. The first-order valence-electron chi connectivity index (χ1n) is 6.92. The van der Waals surface area contributed by atoms with Gasteiger partial charge in [-0.25, -0.2) is 19.9 Å². The van der Waals surface area contributed by atoms with E-state index >= 15 is 0 Å². The molecule has 0 unspecified atom stereocenters. The monoisotopic (exact) mass is 287 g/mol. The van der Waals surface area contributed by atoms with Gasteiger partial charge in [-0.15, -0.1) is 0 Å². The maximum atomic E-state index is 4.65. The fraction of sp³-hybridized carbons (Fsp3) is 0.429. The van der Waals surface area contributed by atoms with Gasteiger partial charge in [-0.3, -0.25) is 0 Å². The van der Waals surface area contributed by atoms with Crippen molar-refractivity contribution < 1.29 is 0 Å². The standard InChI is InChI=1S/C14H17N5S/c1-2-6-16-11-8-13(19-14(18-11)10-3-4-10)20-12-5-7-15-9-17-12/h5,7-10H,2-4,6H2,1H3,(H,16,18,19). The van der Waals surface area contributed by atoms with Crippen molar-refractivity contribution >= 4 is 17.6 Å². The molecule has 0 amide bonds. The summed E-state index contributed by atoms with van der Waals surface area (Å²) >= 11 is 1.55. The van der Waals surface area contributed by atoms with Crippen LogP contribution in [0, 0.1) is 0 Å². The first-order chi connectivity index (χ1) is 9.85. The van der Waals surface area contributed by atoms with Crippen LogP contribution in [-0.4, -0.2) is 26.5 Å². The molecule has 0 bridgehead atoms. The Bertz CT molecular complexity index is 571. The lowest BCUT2D eigenvalue weighted by Crippen LogP contribution is -2.05. The molecule has 0 spiro atoms. The SMILES string of the molecule is CCCNc1cc(Sc2ccncn2)nc(C2CC2)n1.